The van der Waals surface area contributed by atoms with Gasteiger partial charge in [-0.2, -0.15) is 19.0 Å². The van der Waals surface area contributed by atoms with Gasteiger partial charge < -0.3 is 5.32 Å². The van der Waals surface area contributed by atoms with Gasteiger partial charge in [-0.05, 0) is 76.4 Å². The number of nitrogens with one attached hydrogen (secondary N) is 2. The highest BCUT2D eigenvalue weighted by Gasteiger charge is 2.67. The summed E-state index contributed by atoms with van der Waals surface area (Å²) in [6.07, 6.45) is -2.74. The molecule has 0 bridgehead atoms. The van der Waals surface area contributed by atoms with Gasteiger partial charge >= 0.3 is 0 Å². The Kier molecular flexibility index (Phi) is 10.5. The molecule has 1 saturated carbocycles. The lowest BCUT2D eigenvalue weighted by molar-refractivity contribution is -0.123. The first kappa shape index (κ1) is 44.0. The maximum atomic E-state index is 15.6. The van der Waals surface area contributed by atoms with Crippen LogP contribution in [0.2, 0.25) is 5.02 Å². The lowest BCUT2D eigenvalue weighted by Gasteiger charge is -2.24. The lowest BCUT2D eigenvalue weighted by atomic mass is 9.85. The van der Waals surface area contributed by atoms with Crippen LogP contribution in [-0.2, 0) is 46.2 Å². The molecule has 2 aliphatic carbocycles. The molecular formula is C45H39ClF6N8O4S. The average Bonchev–Trinajstić information content (AvgIpc) is 3.75. The van der Waals surface area contributed by atoms with E-state index in [4.69, 9.17) is 16.6 Å². The molecule has 2 N–H and O–H groups in total. The van der Waals surface area contributed by atoms with Crippen molar-refractivity contribution in [3.05, 3.63) is 134 Å². The van der Waals surface area contributed by atoms with Crippen molar-refractivity contribution in [1.82, 2.24) is 34.4 Å². The third-order valence-corrected chi connectivity index (χ3v) is 12.7. The van der Waals surface area contributed by atoms with Gasteiger partial charge in [0.2, 0.25) is 15.9 Å². The summed E-state index contributed by atoms with van der Waals surface area (Å²) in [5.74, 6) is -8.95. The first-order chi connectivity index (χ1) is 30.5. The van der Waals surface area contributed by atoms with Gasteiger partial charge in [-0.25, -0.2) is 31.0 Å². The van der Waals surface area contributed by atoms with E-state index in [2.05, 4.69) is 41.0 Å². The third-order valence-electron chi connectivity index (χ3n) is 11.9. The number of carbonyl (C=O) groups is 1. The Balaban J connectivity index is 1.26. The van der Waals surface area contributed by atoms with Crippen molar-refractivity contribution in [1.29, 1.82) is 0 Å². The Morgan fingerprint density at radius 1 is 0.985 bits per heavy atom. The summed E-state index contributed by atoms with van der Waals surface area (Å²) >= 11 is 6.66. The fourth-order valence-corrected chi connectivity index (χ4v) is 9.66. The number of sulfonamides is 1. The second kappa shape index (κ2) is 15.5. The number of amides is 1. The van der Waals surface area contributed by atoms with E-state index in [1.54, 1.807) is 18.2 Å². The van der Waals surface area contributed by atoms with Crippen molar-refractivity contribution in [2.24, 2.45) is 13.0 Å². The van der Waals surface area contributed by atoms with Crippen molar-refractivity contribution in [2.45, 2.75) is 69.9 Å². The summed E-state index contributed by atoms with van der Waals surface area (Å²) in [6.45, 7) is 5.20. The van der Waals surface area contributed by atoms with Crippen molar-refractivity contribution < 1.29 is 39.6 Å². The zero-order valence-corrected chi connectivity index (χ0v) is 36.8. The molecule has 0 saturated heterocycles. The van der Waals surface area contributed by atoms with Gasteiger partial charge in [0, 0.05) is 31.0 Å². The molecule has 3 aromatic heterocycles. The third kappa shape index (κ3) is 7.91. The Morgan fingerprint density at radius 2 is 1.69 bits per heavy atom. The summed E-state index contributed by atoms with van der Waals surface area (Å²) < 4.78 is 119. The number of aromatic nitrogens is 6. The van der Waals surface area contributed by atoms with E-state index in [0.717, 1.165) is 34.1 Å². The van der Waals surface area contributed by atoms with E-state index in [9.17, 15) is 30.8 Å². The van der Waals surface area contributed by atoms with Gasteiger partial charge in [-0.15, -0.1) is 0 Å². The van der Waals surface area contributed by atoms with Crippen LogP contribution in [0.4, 0.5) is 32.2 Å². The highest BCUT2D eigenvalue weighted by atomic mass is 35.5. The molecule has 1 amide bonds. The van der Waals surface area contributed by atoms with Crippen LogP contribution in [0, 0.1) is 17.6 Å². The van der Waals surface area contributed by atoms with E-state index in [1.165, 1.54) is 23.9 Å². The quantitative estimate of drug-likeness (QED) is 0.123. The number of carbonyl (C=O) groups excluding carboxylic acids is 1. The van der Waals surface area contributed by atoms with Gasteiger partial charge in [0.1, 0.15) is 35.4 Å². The molecule has 0 aliphatic heterocycles. The van der Waals surface area contributed by atoms with Crippen LogP contribution in [0.15, 0.2) is 77.6 Å². The molecule has 0 unspecified atom stereocenters. The van der Waals surface area contributed by atoms with Gasteiger partial charge in [-0.1, -0.05) is 62.7 Å². The molecule has 0 spiro atoms. The fraction of sp³-hybridized carbons (Fsp3) is 0.311. The summed E-state index contributed by atoms with van der Waals surface area (Å²) in [7, 11) is -2.44. The van der Waals surface area contributed by atoms with Crippen LogP contribution in [0.5, 0.6) is 0 Å². The fourth-order valence-electron chi connectivity index (χ4n) is 8.92. The number of aryl methyl sites for hydroxylation is 1. The lowest BCUT2D eigenvalue weighted by Crippen LogP contribution is -2.38. The van der Waals surface area contributed by atoms with Crippen LogP contribution in [-0.4, -0.2) is 49.7 Å². The number of alkyl halides is 4. The average molecular weight is 937 g/mol. The monoisotopic (exact) mass is 936 g/mol. The molecule has 3 heterocycles. The smallest absolute Gasteiger partial charge is 0.293 e. The van der Waals surface area contributed by atoms with Gasteiger partial charge in [-0.3, -0.25) is 28.2 Å². The zero-order valence-electron chi connectivity index (χ0n) is 35.2. The molecule has 3 atom stereocenters. The summed E-state index contributed by atoms with van der Waals surface area (Å²) in [4.78, 5) is 34.3. The predicted molar refractivity (Wildman–Crippen MR) is 232 cm³/mol. The molecule has 1 fully saturated rings. The highest BCUT2D eigenvalue weighted by Crippen LogP contribution is 2.68. The van der Waals surface area contributed by atoms with Crippen LogP contribution in [0.1, 0.15) is 79.5 Å². The number of hydrogen-bond acceptors (Lipinski definition) is 7. The number of rotatable bonds is 11. The van der Waals surface area contributed by atoms with Crippen molar-refractivity contribution in [3.8, 4) is 16.8 Å². The summed E-state index contributed by atoms with van der Waals surface area (Å²) in [5.41, 5.74) is -0.0933. The van der Waals surface area contributed by atoms with E-state index in [-0.39, 0.29) is 67.1 Å². The van der Waals surface area contributed by atoms with Gasteiger partial charge in [0.15, 0.2) is 5.82 Å². The number of anilines is 1. The first-order valence-corrected chi connectivity index (χ1v) is 22.6. The van der Waals surface area contributed by atoms with E-state index in [0.29, 0.717) is 16.3 Å². The first-order valence-electron chi connectivity index (χ1n) is 20.3. The number of fused-ring (bicyclic) bond motifs is 5. The molecule has 0 radical (unpaired) electrons. The number of hydrogen-bond donors (Lipinski definition) is 2. The normalized spacial score (nSPS) is 17.1. The predicted octanol–water partition coefficient (Wildman–Crippen LogP) is 8.98. The standard InChI is InChI=1S/C45H39ClF6N8O4S/c1-44(2,3)24-8-6-7-22(16-24)23-9-10-27-31(17-23)54-42(60(43(27)62)33-12-11-30(46)36-38(33)58(4)56-41(36)57-65(5,63)64)32(15-21-13-25(47)18-26(48)14-21)53-34(61)20-59-39-35(37(55-59)40(49)50)28-19-29(28)45(39,51)52/h6-14,16-18,28-29,32,40H,15,19-20H2,1-5H3,(H,53,61)(H,56,57)/t28-,29+,32-/m0/s1. The van der Waals surface area contributed by atoms with Crippen molar-refractivity contribution in [3.63, 3.8) is 0 Å². The van der Waals surface area contributed by atoms with Crippen LogP contribution < -0.4 is 15.6 Å². The maximum Gasteiger partial charge on any atom is 0.293 e. The molecule has 20 heteroatoms. The maximum absolute atomic E-state index is 15.6. The van der Waals surface area contributed by atoms with Gasteiger partial charge in [0.25, 0.3) is 17.9 Å². The zero-order chi connectivity index (χ0) is 46.7. The van der Waals surface area contributed by atoms with E-state index < -0.39 is 87.7 Å². The summed E-state index contributed by atoms with van der Waals surface area (Å²) in [5, 5.41) is 11.0. The minimum Gasteiger partial charge on any atom is -0.344 e. The summed E-state index contributed by atoms with van der Waals surface area (Å²) in [6, 6.07) is 16.7. The molecule has 2 aliphatic rings. The number of halogens is 7. The Bertz CT molecular complexity index is 3290. The molecule has 9 rings (SSSR count). The van der Waals surface area contributed by atoms with Crippen LogP contribution in [0.25, 0.3) is 38.6 Å². The molecule has 65 heavy (non-hydrogen) atoms. The van der Waals surface area contributed by atoms with Crippen molar-refractivity contribution in [2.75, 3.05) is 11.0 Å². The van der Waals surface area contributed by atoms with Crippen molar-refractivity contribution >= 4 is 55.2 Å². The molecule has 12 nitrogen and oxygen atoms in total. The second-order valence-corrected chi connectivity index (χ2v) is 19.7. The Labute approximate surface area is 372 Å². The number of nitrogens with zero attached hydrogens (tertiary/aromatic N) is 6. The molecule has 7 aromatic rings. The second-order valence-electron chi connectivity index (χ2n) is 17.6. The van der Waals surface area contributed by atoms with E-state index in [1.807, 2.05) is 24.3 Å². The SMILES string of the molecule is Cn1nc(NS(C)(=O)=O)c2c(Cl)ccc(-n3c([C@H](Cc4cc(F)cc(F)c4)NC(=O)Cn4nc(C(F)F)c5c4C(F)(F)[C@@H]4C[C@H]54)nc4cc(-c5cccc(C(C)(C)C)c5)ccc4c3=O)c21. The van der Waals surface area contributed by atoms with Gasteiger partial charge in [0.05, 0.1) is 44.8 Å². The molecular weight excluding hydrogens is 898 g/mol. The van der Waals surface area contributed by atoms with Crippen LogP contribution in [0.3, 0.4) is 0 Å². The number of benzene rings is 4. The highest BCUT2D eigenvalue weighted by molar-refractivity contribution is 7.92. The molecule has 338 valence electrons. The topological polar surface area (TPSA) is 146 Å². The minimum absolute atomic E-state index is 0.000773. The van der Waals surface area contributed by atoms with E-state index >= 15 is 13.6 Å². The minimum atomic E-state index is -3.91. The Hall–Kier alpha value is -6.21. The molecule has 4 aromatic carbocycles. The Morgan fingerprint density at radius 3 is 2.37 bits per heavy atom. The largest absolute Gasteiger partial charge is 0.344 e. The van der Waals surface area contributed by atoms with Crippen LogP contribution >= 0.6 is 11.6 Å².